The molecule has 0 atom stereocenters. The predicted octanol–water partition coefficient (Wildman–Crippen LogP) is 6.01. The third-order valence-corrected chi connectivity index (χ3v) is 9.04. The quantitative estimate of drug-likeness (QED) is 0.0988. The Hall–Kier alpha value is -3.18. The number of halogens is 15. The van der Waals surface area contributed by atoms with Gasteiger partial charge in [0, 0.05) is 0 Å². The first kappa shape index (κ1) is 33.3. The molecule has 0 aliphatic rings. The van der Waals surface area contributed by atoms with Gasteiger partial charge in [-0.3, -0.25) is 0 Å². The molecular weight excluding hydrogens is 639 g/mol. The molecular formula is C22H10BF15O3P-. The molecule has 42 heavy (non-hydrogen) atoms. The molecule has 3 nitrogen and oxygen atoms in total. The van der Waals surface area contributed by atoms with Gasteiger partial charge in [0.05, 0.1) is 13.2 Å². The van der Waals surface area contributed by atoms with Crippen molar-refractivity contribution >= 4 is 29.7 Å². The SMILES string of the molecule is CCOP(=O)(OCC)[B-](c1c(F)c(F)c(F)c(F)c1F)(c1c(F)c(F)c(F)c(F)c1F)c1c(F)c(F)c(F)c(F)c1F. The van der Waals surface area contributed by atoms with E-state index in [1.165, 1.54) is 0 Å². The Morgan fingerprint density at radius 1 is 0.405 bits per heavy atom. The van der Waals surface area contributed by atoms with Crippen LogP contribution in [0.15, 0.2) is 0 Å². The van der Waals surface area contributed by atoms with Crippen molar-refractivity contribution in [3.8, 4) is 0 Å². The summed E-state index contributed by atoms with van der Waals surface area (Å²) in [4.78, 5) is 0. The Balaban J connectivity index is 3.05. The van der Waals surface area contributed by atoms with E-state index >= 15 is 26.3 Å². The fourth-order valence-corrected chi connectivity index (χ4v) is 7.36. The largest absolute Gasteiger partial charge is 0.337 e. The van der Waals surface area contributed by atoms with Crippen molar-refractivity contribution in [2.24, 2.45) is 0 Å². The van der Waals surface area contributed by atoms with Crippen LogP contribution in [0.2, 0.25) is 0 Å². The molecule has 3 rings (SSSR count). The van der Waals surface area contributed by atoms with Gasteiger partial charge in [0.15, 0.2) is 59.8 Å². The van der Waals surface area contributed by atoms with E-state index in [1.807, 2.05) is 0 Å². The van der Waals surface area contributed by atoms with Crippen LogP contribution < -0.4 is 16.4 Å². The normalized spacial score (nSPS) is 12.4. The van der Waals surface area contributed by atoms with E-state index in [1.54, 1.807) is 0 Å². The fraction of sp³-hybridized carbons (Fsp3) is 0.182. The highest BCUT2D eigenvalue weighted by Crippen LogP contribution is 2.58. The molecule has 0 saturated heterocycles. The van der Waals surface area contributed by atoms with Gasteiger partial charge in [0.25, 0.3) is 0 Å². The lowest BCUT2D eigenvalue weighted by Gasteiger charge is -2.47. The second kappa shape index (κ2) is 11.5. The van der Waals surface area contributed by atoms with E-state index in [0.717, 1.165) is 13.8 Å². The lowest BCUT2D eigenvalue weighted by molar-refractivity contribution is 0.233. The summed E-state index contributed by atoms with van der Waals surface area (Å²) < 4.78 is 245. The maximum atomic E-state index is 15.4. The third kappa shape index (κ3) is 4.38. The molecule has 0 aliphatic heterocycles. The standard InChI is InChI=1S/C22H10BF15O3P/c1-3-40-42(39,41-4-2)23(5-8(24)14(30)20(36)15(31)9(5)25,6-10(26)16(32)21(37)17(33)11(6)27)7-12(28)18(34)22(38)19(35)13(7)29/h3-4H2,1-2H3/q-1. The molecule has 0 unspecified atom stereocenters. The Bertz CT molecular complexity index is 1400. The third-order valence-electron chi connectivity index (χ3n) is 6.08. The Labute approximate surface area is 224 Å². The van der Waals surface area contributed by atoms with Crippen LogP contribution in [-0.4, -0.2) is 19.1 Å². The van der Waals surface area contributed by atoms with Crippen molar-refractivity contribution in [3.63, 3.8) is 0 Å². The summed E-state index contributed by atoms with van der Waals surface area (Å²) in [6.45, 7) is -0.938. The van der Waals surface area contributed by atoms with Crippen molar-refractivity contribution in [3.05, 3.63) is 87.3 Å². The van der Waals surface area contributed by atoms with Gasteiger partial charge >= 0.3 is 0 Å². The van der Waals surface area contributed by atoms with Crippen LogP contribution >= 0.6 is 7.47 Å². The van der Waals surface area contributed by atoms with Gasteiger partial charge in [0.2, 0.25) is 5.87 Å². The van der Waals surface area contributed by atoms with E-state index in [0.29, 0.717) is 0 Å². The van der Waals surface area contributed by atoms with E-state index in [-0.39, 0.29) is 0 Å². The number of hydrogen-bond acceptors (Lipinski definition) is 3. The van der Waals surface area contributed by atoms with E-state index in [2.05, 4.69) is 9.05 Å². The van der Waals surface area contributed by atoms with Gasteiger partial charge in [-0.2, -0.15) is 0 Å². The first-order valence-corrected chi connectivity index (χ1v) is 12.6. The lowest BCUT2D eigenvalue weighted by atomic mass is 9.33. The summed E-state index contributed by atoms with van der Waals surface area (Å²) in [5.74, 6) is -55.0. The lowest BCUT2D eigenvalue weighted by Crippen LogP contribution is -2.73. The average Bonchev–Trinajstić information content (AvgIpc) is 2.94. The van der Waals surface area contributed by atoms with E-state index in [4.69, 9.17) is 0 Å². The van der Waals surface area contributed by atoms with E-state index in [9.17, 15) is 44.1 Å². The predicted molar refractivity (Wildman–Crippen MR) is 114 cm³/mol. The Kier molecular flexibility index (Phi) is 9.11. The minimum atomic E-state index is -6.70. The molecule has 3 aromatic rings. The first-order chi connectivity index (χ1) is 19.4. The zero-order valence-electron chi connectivity index (χ0n) is 20.3. The van der Waals surface area contributed by atoms with Crippen LogP contribution in [0.1, 0.15) is 13.8 Å². The number of benzene rings is 3. The summed E-state index contributed by atoms with van der Waals surface area (Å²) in [7, 11) is -6.70. The van der Waals surface area contributed by atoms with Gasteiger partial charge in [-0.05, 0) is 13.8 Å². The minimum Gasteiger partial charge on any atom is -0.337 e. The van der Waals surface area contributed by atoms with Crippen LogP contribution in [0.3, 0.4) is 0 Å². The number of rotatable bonds is 8. The van der Waals surface area contributed by atoms with Crippen molar-refractivity contribution in [2.75, 3.05) is 13.2 Å². The molecule has 0 bridgehead atoms. The summed E-state index contributed by atoms with van der Waals surface area (Å²) in [6, 6.07) is 0. The zero-order chi connectivity index (χ0) is 32.2. The molecule has 0 fully saturated rings. The van der Waals surface area contributed by atoms with Gasteiger partial charge in [-0.1, -0.05) is 0 Å². The molecule has 0 heterocycles. The summed E-state index contributed by atoms with van der Waals surface area (Å²) in [5.41, 5.74) is -9.20. The molecule has 3 aromatic carbocycles. The topological polar surface area (TPSA) is 35.5 Å². The van der Waals surface area contributed by atoms with Crippen molar-refractivity contribution in [1.82, 2.24) is 0 Å². The van der Waals surface area contributed by atoms with E-state index < -0.39 is 130 Å². The van der Waals surface area contributed by atoms with Gasteiger partial charge < -0.3 is 13.6 Å². The highest BCUT2D eigenvalue weighted by molar-refractivity contribution is 8.00. The van der Waals surface area contributed by atoms with Crippen molar-refractivity contribution < 1.29 is 79.5 Å². The summed E-state index contributed by atoms with van der Waals surface area (Å²) >= 11 is 0. The Morgan fingerprint density at radius 3 is 0.738 bits per heavy atom. The van der Waals surface area contributed by atoms with Crippen molar-refractivity contribution in [2.45, 2.75) is 13.8 Å². The highest BCUT2D eigenvalue weighted by atomic mass is 31.2. The van der Waals surface area contributed by atoms with Gasteiger partial charge in [-0.25, -0.2) is 65.9 Å². The molecule has 0 spiro atoms. The van der Waals surface area contributed by atoms with Crippen LogP contribution in [-0.2, 0) is 13.6 Å². The minimum absolute atomic E-state index is 0.752. The zero-order valence-corrected chi connectivity index (χ0v) is 21.2. The Morgan fingerprint density at radius 2 is 0.571 bits per heavy atom. The monoisotopic (exact) mass is 649 g/mol. The molecule has 0 amide bonds. The van der Waals surface area contributed by atoms with Gasteiger partial charge in [0.1, 0.15) is 34.9 Å². The molecule has 0 radical (unpaired) electrons. The summed E-state index contributed by atoms with van der Waals surface area (Å²) in [5, 5.41) is 0. The smallest absolute Gasteiger partial charge is 0.229 e. The second-order valence-electron chi connectivity index (χ2n) is 8.15. The van der Waals surface area contributed by atoms with Crippen molar-refractivity contribution in [1.29, 1.82) is 0 Å². The molecule has 230 valence electrons. The van der Waals surface area contributed by atoms with Crippen LogP contribution in [0.5, 0.6) is 0 Å². The molecule has 20 heteroatoms. The molecule has 0 aliphatic carbocycles. The maximum Gasteiger partial charge on any atom is 0.229 e. The molecule has 0 aromatic heterocycles. The van der Waals surface area contributed by atoms with Crippen LogP contribution in [0.4, 0.5) is 65.9 Å². The fourth-order valence-electron chi connectivity index (χ4n) is 4.49. The first-order valence-electron chi connectivity index (χ1n) is 11.0. The van der Waals surface area contributed by atoms with Crippen LogP contribution in [0, 0.1) is 87.3 Å². The second-order valence-corrected chi connectivity index (χ2v) is 10.5. The average molecular weight is 649 g/mol. The molecule has 0 N–H and O–H groups in total. The molecule has 0 saturated carbocycles. The van der Waals surface area contributed by atoms with Crippen LogP contribution in [0.25, 0.3) is 0 Å². The maximum absolute atomic E-state index is 15.4. The number of hydrogen-bond donors (Lipinski definition) is 0. The summed E-state index contributed by atoms with van der Waals surface area (Å²) in [6.07, 6.45) is 0. The highest BCUT2D eigenvalue weighted by Gasteiger charge is 2.59. The van der Waals surface area contributed by atoms with Gasteiger partial charge in [-0.15, -0.1) is 16.4 Å².